The summed E-state index contributed by atoms with van der Waals surface area (Å²) < 4.78 is 2.15. The highest BCUT2D eigenvalue weighted by atomic mass is 15.0. The molecule has 0 amide bonds. The van der Waals surface area contributed by atoms with Gasteiger partial charge in [-0.1, -0.05) is 19.9 Å². The van der Waals surface area contributed by atoms with Crippen molar-refractivity contribution in [1.82, 2.24) is 9.38 Å². The first-order valence-electron chi connectivity index (χ1n) is 5.17. The third-order valence-corrected chi connectivity index (χ3v) is 2.83. The van der Waals surface area contributed by atoms with Crippen LogP contribution in [-0.4, -0.2) is 9.38 Å². The molecule has 0 aromatic carbocycles. The van der Waals surface area contributed by atoms with Gasteiger partial charge in [0.05, 0.1) is 5.69 Å². The van der Waals surface area contributed by atoms with E-state index in [-0.39, 0.29) is 0 Å². The van der Waals surface area contributed by atoms with Crippen LogP contribution in [0, 0.1) is 6.92 Å². The summed E-state index contributed by atoms with van der Waals surface area (Å²) in [6.07, 6.45) is 3.29. The summed E-state index contributed by atoms with van der Waals surface area (Å²) in [5.74, 6) is 0.550. The first kappa shape index (κ1) is 9.25. The molecule has 0 saturated carbocycles. The van der Waals surface area contributed by atoms with Crippen LogP contribution < -0.4 is 0 Å². The van der Waals surface area contributed by atoms with Crippen LogP contribution in [0.5, 0.6) is 0 Å². The fourth-order valence-corrected chi connectivity index (χ4v) is 1.61. The van der Waals surface area contributed by atoms with Crippen LogP contribution in [0.25, 0.3) is 5.65 Å². The Morgan fingerprint density at radius 1 is 1.43 bits per heavy atom. The molecule has 2 heteroatoms. The Kier molecular flexibility index (Phi) is 2.28. The number of pyridine rings is 1. The molecule has 2 aromatic rings. The predicted octanol–water partition coefficient (Wildman–Crippen LogP) is 3.16. The van der Waals surface area contributed by atoms with Gasteiger partial charge in [-0.05, 0) is 31.4 Å². The summed E-state index contributed by atoms with van der Waals surface area (Å²) in [6.45, 7) is 6.52. The van der Waals surface area contributed by atoms with Crippen LogP contribution >= 0.6 is 0 Å². The third kappa shape index (κ3) is 1.41. The molecule has 0 radical (unpaired) electrons. The second kappa shape index (κ2) is 3.45. The monoisotopic (exact) mass is 188 g/mol. The van der Waals surface area contributed by atoms with E-state index in [9.17, 15) is 0 Å². The Morgan fingerprint density at radius 2 is 2.21 bits per heavy atom. The molecule has 14 heavy (non-hydrogen) atoms. The summed E-state index contributed by atoms with van der Waals surface area (Å²) >= 11 is 0. The largest absolute Gasteiger partial charge is 0.304 e. The molecule has 1 atom stereocenters. The lowest BCUT2D eigenvalue weighted by Gasteiger charge is -2.01. The van der Waals surface area contributed by atoms with Crippen molar-refractivity contribution in [1.29, 1.82) is 0 Å². The summed E-state index contributed by atoms with van der Waals surface area (Å²) in [6, 6.07) is 6.21. The first-order chi connectivity index (χ1) is 6.72. The summed E-state index contributed by atoms with van der Waals surface area (Å²) in [5, 5.41) is 0. The van der Waals surface area contributed by atoms with Crippen LogP contribution in [0.4, 0.5) is 0 Å². The number of aryl methyl sites for hydroxylation is 1. The Hall–Kier alpha value is -1.31. The fourth-order valence-electron chi connectivity index (χ4n) is 1.61. The lowest BCUT2D eigenvalue weighted by Crippen LogP contribution is -1.90. The number of imidazole rings is 1. The lowest BCUT2D eigenvalue weighted by atomic mass is 10.1. The minimum Gasteiger partial charge on any atom is -0.304 e. The van der Waals surface area contributed by atoms with Crippen molar-refractivity contribution in [3.8, 4) is 0 Å². The number of fused-ring (bicyclic) bond motifs is 1. The number of rotatable bonds is 2. The summed E-state index contributed by atoms with van der Waals surface area (Å²) in [5.41, 5.74) is 3.49. The molecular weight excluding hydrogens is 172 g/mol. The minimum atomic E-state index is 0.550. The van der Waals surface area contributed by atoms with Crippen molar-refractivity contribution in [3.63, 3.8) is 0 Å². The van der Waals surface area contributed by atoms with Crippen molar-refractivity contribution >= 4 is 5.65 Å². The van der Waals surface area contributed by atoms with Gasteiger partial charge in [0.25, 0.3) is 0 Å². The number of aromatic nitrogens is 2. The van der Waals surface area contributed by atoms with Gasteiger partial charge < -0.3 is 4.40 Å². The molecule has 0 fully saturated rings. The van der Waals surface area contributed by atoms with Gasteiger partial charge in [0.15, 0.2) is 0 Å². The maximum Gasteiger partial charge on any atom is 0.137 e. The quantitative estimate of drug-likeness (QED) is 0.707. The predicted molar refractivity (Wildman–Crippen MR) is 58.6 cm³/mol. The zero-order valence-corrected chi connectivity index (χ0v) is 8.99. The average Bonchev–Trinajstić information content (AvgIpc) is 2.62. The van der Waals surface area contributed by atoms with Gasteiger partial charge >= 0.3 is 0 Å². The molecule has 0 aliphatic carbocycles. The van der Waals surface area contributed by atoms with E-state index >= 15 is 0 Å². The Bertz CT molecular complexity index is 443. The maximum absolute atomic E-state index is 4.61. The van der Waals surface area contributed by atoms with E-state index in [1.807, 2.05) is 0 Å². The van der Waals surface area contributed by atoms with Crippen LogP contribution in [0.2, 0.25) is 0 Å². The van der Waals surface area contributed by atoms with Crippen molar-refractivity contribution in [2.45, 2.75) is 33.1 Å². The highest BCUT2D eigenvalue weighted by Crippen LogP contribution is 2.18. The smallest absolute Gasteiger partial charge is 0.137 e. The van der Waals surface area contributed by atoms with Gasteiger partial charge in [-0.3, -0.25) is 0 Å². The SMILES string of the molecule is CCC(C)c1cn2c(C)cccc2n1. The van der Waals surface area contributed by atoms with Crippen LogP contribution in [0.15, 0.2) is 24.4 Å². The molecule has 0 bridgehead atoms. The normalized spacial score (nSPS) is 13.4. The van der Waals surface area contributed by atoms with Gasteiger partial charge in [0, 0.05) is 11.9 Å². The molecule has 1 unspecified atom stereocenters. The maximum atomic E-state index is 4.61. The molecule has 2 rings (SSSR count). The zero-order valence-electron chi connectivity index (χ0n) is 8.99. The van der Waals surface area contributed by atoms with E-state index in [0.717, 1.165) is 12.1 Å². The standard InChI is InChI=1S/C12H16N2/c1-4-9(2)11-8-14-10(3)6-5-7-12(14)13-11/h5-9H,4H2,1-3H3. The Labute approximate surface area is 84.6 Å². The van der Waals surface area contributed by atoms with Gasteiger partial charge in [-0.2, -0.15) is 0 Å². The summed E-state index contributed by atoms with van der Waals surface area (Å²) in [7, 11) is 0. The highest BCUT2D eigenvalue weighted by Gasteiger charge is 2.08. The van der Waals surface area contributed by atoms with Gasteiger partial charge in [0.1, 0.15) is 5.65 Å². The van der Waals surface area contributed by atoms with E-state index in [2.05, 4.69) is 54.6 Å². The minimum absolute atomic E-state index is 0.550. The van der Waals surface area contributed by atoms with Gasteiger partial charge in [-0.15, -0.1) is 0 Å². The van der Waals surface area contributed by atoms with E-state index in [0.29, 0.717) is 5.92 Å². The first-order valence-corrected chi connectivity index (χ1v) is 5.17. The van der Waals surface area contributed by atoms with E-state index in [4.69, 9.17) is 0 Å². The number of hydrogen-bond acceptors (Lipinski definition) is 1. The van der Waals surface area contributed by atoms with Crippen LogP contribution in [-0.2, 0) is 0 Å². The van der Waals surface area contributed by atoms with E-state index < -0.39 is 0 Å². The van der Waals surface area contributed by atoms with E-state index in [1.165, 1.54) is 11.4 Å². The molecule has 0 spiro atoms. The molecule has 0 aliphatic heterocycles. The van der Waals surface area contributed by atoms with E-state index in [1.54, 1.807) is 0 Å². The molecular formula is C12H16N2. The molecule has 0 N–H and O–H groups in total. The molecule has 0 saturated heterocycles. The van der Waals surface area contributed by atoms with Crippen molar-refractivity contribution in [3.05, 3.63) is 35.8 Å². The number of hydrogen-bond donors (Lipinski definition) is 0. The van der Waals surface area contributed by atoms with Crippen LogP contribution in [0.3, 0.4) is 0 Å². The van der Waals surface area contributed by atoms with Crippen molar-refractivity contribution in [2.24, 2.45) is 0 Å². The van der Waals surface area contributed by atoms with Gasteiger partial charge in [0.2, 0.25) is 0 Å². The van der Waals surface area contributed by atoms with Crippen molar-refractivity contribution in [2.75, 3.05) is 0 Å². The molecule has 74 valence electrons. The number of nitrogens with zero attached hydrogens (tertiary/aromatic N) is 2. The average molecular weight is 188 g/mol. The summed E-state index contributed by atoms with van der Waals surface area (Å²) in [4.78, 5) is 4.61. The van der Waals surface area contributed by atoms with Crippen molar-refractivity contribution < 1.29 is 0 Å². The third-order valence-electron chi connectivity index (χ3n) is 2.83. The Morgan fingerprint density at radius 3 is 2.86 bits per heavy atom. The lowest BCUT2D eigenvalue weighted by molar-refractivity contribution is 0.714. The highest BCUT2D eigenvalue weighted by molar-refractivity contribution is 5.42. The van der Waals surface area contributed by atoms with Crippen LogP contribution in [0.1, 0.15) is 37.6 Å². The molecule has 2 nitrogen and oxygen atoms in total. The molecule has 2 aromatic heterocycles. The molecule has 2 heterocycles. The zero-order chi connectivity index (χ0) is 10.1. The second-order valence-electron chi connectivity index (χ2n) is 3.87. The second-order valence-corrected chi connectivity index (χ2v) is 3.87. The molecule has 0 aliphatic rings. The topological polar surface area (TPSA) is 17.3 Å². The van der Waals surface area contributed by atoms with Gasteiger partial charge in [-0.25, -0.2) is 4.98 Å². The fraction of sp³-hybridized carbons (Fsp3) is 0.417. The Balaban J connectivity index is 2.56.